The van der Waals surface area contributed by atoms with Crippen molar-refractivity contribution in [2.45, 2.75) is 13.2 Å². The summed E-state index contributed by atoms with van der Waals surface area (Å²) in [5.74, 6) is 1.24. The van der Waals surface area contributed by atoms with E-state index in [0.29, 0.717) is 23.1 Å². The molecule has 5 heteroatoms. The summed E-state index contributed by atoms with van der Waals surface area (Å²) in [7, 11) is 0. The van der Waals surface area contributed by atoms with Gasteiger partial charge in [-0.2, -0.15) is 0 Å². The van der Waals surface area contributed by atoms with Gasteiger partial charge in [-0.05, 0) is 6.07 Å². The molecule has 1 aromatic carbocycles. The van der Waals surface area contributed by atoms with Gasteiger partial charge in [0.2, 0.25) is 0 Å². The quantitative estimate of drug-likeness (QED) is 0.888. The smallest absolute Gasteiger partial charge is 0.174 e. The van der Waals surface area contributed by atoms with Gasteiger partial charge in [-0.15, -0.1) is 0 Å². The van der Waals surface area contributed by atoms with Gasteiger partial charge in [0.25, 0.3) is 0 Å². The minimum absolute atomic E-state index is 0.288. The van der Waals surface area contributed by atoms with E-state index in [9.17, 15) is 0 Å². The van der Waals surface area contributed by atoms with Gasteiger partial charge in [-0.25, -0.2) is 0 Å². The van der Waals surface area contributed by atoms with Gasteiger partial charge in [-0.1, -0.05) is 28.9 Å². The number of aromatic nitrogens is 1. The first-order chi connectivity index (χ1) is 7.81. The molecule has 0 spiro atoms. The molecule has 16 heavy (non-hydrogen) atoms. The number of nitrogens with two attached hydrogens (primary N) is 1. The van der Waals surface area contributed by atoms with Crippen LogP contribution in [-0.4, -0.2) is 5.16 Å². The highest BCUT2D eigenvalue weighted by Crippen LogP contribution is 2.29. The topological polar surface area (TPSA) is 61.3 Å². The normalized spacial score (nSPS) is 10.4. The van der Waals surface area contributed by atoms with Crippen molar-refractivity contribution in [1.29, 1.82) is 0 Å². The number of para-hydroxylation sites is 1. The van der Waals surface area contributed by atoms with Crippen LogP contribution in [0, 0.1) is 0 Å². The first-order valence-corrected chi connectivity index (χ1v) is 5.19. The van der Waals surface area contributed by atoms with E-state index in [4.69, 9.17) is 26.6 Å². The second-order valence-electron chi connectivity index (χ2n) is 3.20. The largest absolute Gasteiger partial charge is 0.484 e. The predicted molar refractivity (Wildman–Crippen MR) is 60.2 cm³/mol. The van der Waals surface area contributed by atoms with Crippen molar-refractivity contribution in [1.82, 2.24) is 5.16 Å². The van der Waals surface area contributed by atoms with Crippen molar-refractivity contribution in [3.63, 3.8) is 0 Å². The number of benzene rings is 1. The Morgan fingerprint density at radius 3 is 2.94 bits per heavy atom. The summed E-state index contributed by atoms with van der Waals surface area (Å²) in [5, 5.41) is 4.13. The van der Waals surface area contributed by atoms with Crippen molar-refractivity contribution in [2.75, 3.05) is 0 Å². The summed E-state index contributed by atoms with van der Waals surface area (Å²) in [4.78, 5) is 0. The van der Waals surface area contributed by atoms with Crippen LogP contribution in [0.15, 0.2) is 35.0 Å². The Labute approximate surface area is 97.9 Å². The molecule has 2 rings (SSSR count). The second-order valence-corrected chi connectivity index (χ2v) is 3.61. The molecule has 84 valence electrons. The standard InChI is InChI=1S/C11H11ClN2O2/c12-10-3-1-2-8(6-13)11(10)15-7-9-4-5-14-16-9/h1-5H,6-7,13H2. The first-order valence-electron chi connectivity index (χ1n) is 4.81. The fourth-order valence-electron chi connectivity index (χ4n) is 1.34. The lowest BCUT2D eigenvalue weighted by Gasteiger charge is -2.10. The highest BCUT2D eigenvalue weighted by atomic mass is 35.5. The molecule has 0 aliphatic rings. The molecule has 1 aromatic heterocycles. The average molecular weight is 239 g/mol. The Balaban J connectivity index is 2.14. The Morgan fingerprint density at radius 1 is 1.38 bits per heavy atom. The zero-order valence-electron chi connectivity index (χ0n) is 8.52. The van der Waals surface area contributed by atoms with Gasteiger partial charge in [0.1, 0.15) is 12.4 Å². The predicted octanol–water partition coefficient (Wildman–Crippen LogP) is 2.37. The number of nitrogens with zero attached hydrogens (tertiary/aromatic N) is 1. The van der Waals surface area contributed by atoms with Crippen LogP contribution in [0.1, 0.15) is 11.3 Å². The van der Waals surface area contributed by atoms with E-state index in [1.807, 2.05) is 12.1 Å². The number of hydrogen-bond donors (Lipinski definition) is 1. The van der Waals surface area contributed by atoms with Crippen molar-refractivity contribution >= 4 is 11.6 Å². The molecular formula is C11H11ClN2O2. The third-order valence-electron chi connectivity index (χ3n) is 2.12. The number of rotatable bonds is 4. The lowest BCUT2D eigenvalue weighted by Crippen LogP contribution is -2.02. The molecular weight excluding hydrogens is 228 g/mol. The highest BCUT2D eigenvalue weighted by Gasteiger charge is 2.08. The monoisotopic (exact) mass is 238 g/mol. The van der Waals surface area contributed by atoms with Gasteiger partial charge in [0.15, 0.2) is 5.76 Å². The minimum Gasteiger partial charge on any atom is -0.484 e. The summed E-state index contributed by atoms with van der Waals surface area (Å²) < 4.78 is 10.5. The van der Waals surface area contributed by atoms with Crippen LogP contribution in [0.25, 0.3) is 0 Å². The van der Waals surface area contributed by atoms with Crippen LogP contribution in [-0.2, 0) is 13.2 Å². The molecule has 4 nitrogen and oxygen atoms in total. The number of hydrogen-bond acceptors (Lipinski definition) is 4. The lowest BCUT2D eigenvalue weighted by atomic mass is 10.2. The van der Waals surface area contributed by atoms with E-state index in [1.165, 1.54) is 0 Å². The van der Waals surface area contributed by atoms with Crippen LogP contribution in [0.5, 0.6) is 5.75 Å². The van der Waals surface area contributed by atoms with Crippen LogP contribution < -0.4 is 10.5 Å². The summed E-state index contributed by atoms with van der Waals surface area (Å²) >= 11 is 6.02. The summed E-state index contributed by atoms with van der Waals surface area (Å²) in [6.45, 7) is 0.670. The van der Waals surface area contributed by atoms with Crippen LogP contribution in [0.2, 0.25) is 5.02 Å². The molecule has 1 heterocycles. The fraction of sp³-hybridized carbons (Fsp3) is 0.182. The van der Waals surface area contributed by atoms with E-state index in [2.05, 4.69) is 5.16 Å². The van der Waals surface area contributed by atoms with Gasteiger partial charge in [-0.3, -0.25) is 0 Å². The maximum absolute atomic E-state index is 6.02. The molecule has 0 unspecified atom stereocenters. The SMILES string of the molecule is NCc1cccc(Cl)c1OCc1ccno1. The molecule has 0 aliphatic carbocycles. The first kappa shape index (κ1) is 11.0. The maximum atomic E-state index is 6.02. The zero-order chi connectivity index (χ0) is 11.4. The maximum Gasteiger partial charge on any atom is 0.174 e. The Bertz CT molecular complexity index is 457. The fourth-order valence-corrected chi connectivity index (χ4v) is 1.58. The minimum atomic E-state index is 0.288. The zero-order valence-corrected chi connectivity index (χ0v) is 9.28. The molecule has 2 N–H and O–H groups in total. The van der Waals surface area contributed by atoms with E-state index in [1.54, 1.807) is 18.3 Å². The van der Waals surface area contributed by atoms with Crippen molar-refractivity contribution < 1.29 is 9.26 Å². The third-order valence-corrected chi connectivity index (χ3v) is 2.42. The lowest BCUT2D eigenvalue weighted by molar-refractivity contribution is 0.247. The van der Waals surface area contributed by atoms with E-state index >= 15 is 0 Å². The summed E-state index contributed by atoms with van der Waals surface area (Å²) in [6, 6.07) is 7.21. The number of halogens is 1. The number of ether oxygens (including phenoxy) is 1. The molecule has 0 atom stereocenters. The van der Waals surface area contributed by atoms with E-state index in [-0.39, 0.29) is 6.61 Å². The molecule has 0 saturated heterocycles. The molecule has 0 amide bonds. The van der Waals surface area contributed by atoms with Crippen LogP contribution in [0.4, 0.5) is 0 Å². The molecule has 0 saturated carbocycles. The summed E-state index contributed by atoms with van der Waals surface area (Å²) in [5.41, 5.74) is 6.46. The van der Waals surface area contributed by atoms with E-state index in [0.717, 1.165) is 5.56 Å². The Kier molecular flexibility index (Phi) is 3.44. The van der Waals surface area contributed by atoms with Crippen molar-refractivity contribution in [2.24, 2.45) is 5.73 Å². The Morgan fingerprint density at radius 2 is 2.25 bits per heavy atom. The van der Waals surface area contributed by atoms with Crippen molar-refractivity contribution in [3.05, 3.63) is 46.8 Å². The molecule has 0 bridgehead atoms. The molecule has 0 fully saturated rings. The van der Waals surface area contributed by atoms with Crippen LogP contribution >= 0.6 is 11.6 Å². The average Bonchev–Trinajstić information content (AvgIpc) is 2.80. The van der Waals surface area contributed by atoms with E-state index < -0.39 is 0 Å². The summed E-state index contributed by atoms with van der Waals surface area (Å²) in [6.07, 6.45) is 1.56. The third kappa shape index (κ3) is 2.35. The second kappa shape index (κ2) is 5.01. The van der Waals surface area contributed by atoms with Crippen molar-refractivity contribution in [3.8, 4) is 5.75 Å². The van der Waals surface area contributed by atoms with Gasteiger partial charge < -0.3 is 15.0 Å². The van der Waals surface area contributed by atoms with Gasteiger partial charge in [0.05, 0.1) is 11.2 Å². The molecule has 2 aromatic rings. The van der Waals surface area contributed by atoms with Gasteiger partial charge >= 0.3 is 0 Å². The highest BCUT2D eigenvalue weighted by molar-refractivity contribution is 6.32. The molecule has 0 aliphatic heterocycles. The molecule has 0 radical (unpaired) electrons. The van der Waals surface area contributed by atoms with Crippen LogP contribution in [0.3, 0.4) is 0 Å². The Hall–Kier alpha value is -1.52. The van der Waals surface area contributed by atoms with Gasteiger partial charge in [0, 0.05) is 18.2 Å².